The van der Waals surface area contributed by atoms with Crippen molar-refractivity contribution in [2.75, 3.05) is 0 Å². The first kappa shape index (κ1) is 24.5. The topological polar surface area (TPSA) is 141 Å². The van der Waals surface area contributed by atoms with Gasteiger partial charge in [0.05, 0.1) is 20.9 Å². The van der Waals surface area contributed by atoms with E-state index in [0.29, 0.717) is 22.2 Å². The number of fused-ring (bicyclic) bond motifs is 1. The number of benzene rings is 3. The maximum atomic E-state index is 13.3. The molecular weight excluding hydrogens is 514 g/mol. The average Bonchev–Trinajstić information content (AvgIpc) is 3.37. The molecule has 0 spiro atoms. The van der Waals surface area contributed by atoms with Crippen LogP contribution in [0.25, 0.3) is 17.0 Å². The average molecular weight is 530 g/mol. The second-order valence-corrected chi connectivity index (χ2v) is 8.47. The zero-order valence-electron chi connectivity index (χ0n) is 19.3. The Labute approximate surface area is 219 Å². The summed E-state index contributed by atoms with van der Waals surface area (Å²) in [5, 5.41) is 28.4. The third kappa shape index (κ3) is 4.90. The zero-order valence-corrected chi connectivity index (χ0v) is 20.1. The molecule has 0 saturated heterocycles. The van der Waals surface area contributed by atoms with E-state index in [-0.39, 0.29) is 22.4 Å². The molecule has 38 heavy (non-hydrogen) atoms. The normalized spacial score (nSPS) is 14.9. The van der Waals surface area contributed by atoms with Crippen LogP contribution in [0.5, 0.6) is 0 Å². The highest BCUT2D eigenvalue weighted by atomic mass is 35.5. The Bertz CT molecular complexity index is 1650. The number of hydrazone groups is 1. The van der Waals surface area contributed by atoms with Crippen molar-refractivity contribution >= 4 is 51.8 Å². The summed E-state index contributed by atoms with van der Waals surface area (Å²) in [6.07, 6.45) is 1.54. The van der Waals surface area contributed by atoms with Crippen LogP contribution in [0.1, 0.15) is 22.9 Å². The van der Waals surface area contributed by atoms with E-state index in [1.54, 1.807) is 18.2 Å². The Hall–Kier alpha value is -5.16. The standard InChI is InChI=1S/C26H16ClN5O6/c27-24-21(15-18-5-1-2-7-22(18)28-24)26-30(23(33)13-8-16-4-3-6-20(14-16)32(36)37)29-25(38-26)17-9-11-19(12-10-17)31(34)35/h1-15,26H/b13-8+. The highest BCUT2D eigenvalue weighted by Crippen LogP contribution is 2.35. The molecule has 1 unspecified atom stereocenters. The van der Waals surface area contributed by atoms with Crippen molar-refractivity contribution in [3.8, 4) is 0 Å². The van der Waals surface area contributed by atoms with Crippen molar-refractivity contribution in [3.05, 3.63) is 127 Å². The zero-order chi connectivity index (χ0) is 26.8. The van der Waals surface area contributed by atoms with E-state index in [9.17, 15) is 25.0 Å². The SMILES string of the molecule is O=C(/C=C/c1cccc([N+](=O)[O-])c1)N1N=C(c2ccc([N+](=O)[O-])cc2)OC1c1cc2ccccc2nc1Cl. The highest BCUT2D eigenvalue weighted by molar-refractivity contribution is 6.30. The molecule has 0 saturated carbocycles. The van der Waals surface area contributed by atoms with E-state index >= 15 is 0 Å². The number of non-ortho nitro benzene ring substituents is 2. The van der Waals surface area contributed by atoms with Crippen molar-refractivity contribution < 1.29 is 19.4 Å². The van der Waals surface area contributed by atoms with Gasteiger partial charge in [0.2, 0.25) is 12.1 Å². The third-order valence-electron chi connectivity index (χ3n) is 5.66. The fourth-order valence-electron chi connectivity index (χ4n) is 3.81. The highest BCUT2D eigenvalue weighted by Gasteiger charge is 2.36. The molecule has 12 heteroatoms. The lowest BCUT2D eigenvalue weighted by atomic mass is 10.1. The number of pyridine rings is 1. The molecule has 0 fully saturated rings. The Balaban J connectivity index is 1.52. The lowest BCUT2D eigenvalue weighted by molar-refractivity contribution is -0.385. The molecule has 4 aromatic rings. The van der Waals surface area contributed by atoms with Gasteiger partial charge in [0.25, 0.3) is 17.3 Å². The Kier molecular flexibility index (Phi) is 6.50. The van der Waals surface area contributed by atoms with Gasteiger partial charge in [0, 0.05) is 41.3 Å². The molecule has 0 radical (unpaired) electrons. The van der Waals surface area contributed by atoms with Gasteiger partial charge in [-0.3, -0.25) is 25.0 Å². The van der Waals surface area contributed by atoms with Gasteiger partial charge in [0.15, 0.2) is 0 Å². The van der Waals surface area contributed by atoms with Crippen LogP contribution in [0.4, 0.5) is 11.4 Å². The summed E-state index contributed by atoms with van der Waals surface area (Å²) in [6, 6.07) is 20.4. The molecule has 188 valence electrons. The summed E-state index contributed by atoms with van der Waals surface area (Å²) >= 11 is 6.49. The van der Waals surface area contributed by atoms with Gasteiger partial charge < -0.3 is 4.74 Å². The van der Waals surface area contributed by atoms with E-state index in [0.717, 1.165) is 10.4 Å². The van der Waals surface area contributed by atoms with E-state index < -0.39 is 22.0 Å². The first-order chi connectivity index (χ1) is 18.3. The Morgan fingerprint density at radius 1 is 0.947 bits per heavy atom. The molecule has 0 N–H and O–H groups in total. The lowest BCUT2D eigenvalue weighted by Crippen LogP contribution is -2.26. The molecule has 1 aliphatic rings. The van der Waals surface area contributed by atoms with Crippen LogP contribution in [0, 0.1) is 20.2 Å². The monoisotopic (exact) mass is 529 g/mol. The fourth-order valence-corrected chi connectivity index (χ4v) is 4.05. The Morgan fingerprint density at radius 2 is 1.68 bits per heavy atom. The molecule has 0 aliphatic carbocycles. The number of hydrogen-bond acceptors (Lipinski definition) is 8. The van der Waals surface area contributed by atoms with Crippen molar-refractivity contribution in [2.24, 2.45) is 5.10 Å². The molecule has 11 nitrogen and oxygen atoms in total. The smallest absolute Gasteiger partial charge is 0.270 e. The second kappa shape index (κ2) is 10.1. The maximum Gasteiger partial charge on any atom is 0.270 e. The number of halogens is 1. The number of aromatic nitrogens is 1. The number of para-hydroxylation sites is 1. The molecular formula is C26H16ClN5O6. The summed E-state index contributed by atoms with van der Waals surface area (Å²) in [5.41, 5.74) is 1.65. The maximum absolute atomic E-state index is 13.3. The van der Waals surface area contributed by atoms with Gasteiger partial charge in [0.1, 0.15) is 5.15 Å². The number of rotatable bonds is 6. The minimum atomic E-state index is -1.09. The number of nitro groups is 2. The van der Waals surface area contributed by atoms with Gasteiger partial charge in [-0.15, -0.1) is 5.10 Å². The molecule has 1 atom stereocenters. The van der Waals surface area contributed by atoms with Gasteiger partial charge in [-0.25, -0.2) is 4.98 Å². The van der Waals surface area contributed by atoms with E-state index in [1.807, 2.05) is 18.2 Å². The van der Waals surface area contributed by atoms with Crippen LogP contribution >= 0.6 is 11.6 Å². The Morgan fingerprint density at radius 3 is 2.42 bits per heavy atom. The lowest BCUT2D eigenvalue weighted by Gasteiger charge is -2.20. The van der Waals surface area contributed by atoms with Crippen molar-refractivity contribution in [1.82, 2.24) is 9.99 Å². The van der Waals surface area contributed by atoms with Gasteiger partial charge in [-0.05, 0) is 35.9 Å². The second-order valence-electron chi connectivity index (χ2n) is 8.11. The molecule has 0 bridgehead atoms. The molecule has 1 aromatic heterocycles. The van der Waals surface area contributed by atoms with E-state index in [1.165, 1.54) is 54.6 Å². The number of amides is 1. The first-order valence-corrected chi connectivity index (χ1v) is 11.5. The van der Waals surface area contributed by atoms with Crippen LogP contribution in [-0.4, -0.2) is 31.6 Å². The molecule has 1 aliphatic heterocycles. The summed E-state index contributed by atoms with van der Waals surface area (Å²) in [4.78, 5) is 38.7. The number of carbonyl (C=O) groups is 1. The summed E-state index contributed by atoms with van der Waals surface area (Å²) < 4.78 is 6.04. The van der Waals surface area contributed by atoms with E-state index in [4.69, 9.17) is 16.3 Å². The number of carbonyl (C=O) groups excluding carboxylic acids is 1. The molecule has 2 heterocycles. The van der Waals surface area contributed by atoms with Crippen molar-refractivity contribution in [2.45, 2.75) is 6.23 Å². The minimum Gasteiger partial charge on any atom is -0.446 e. The molecule has 1 amide bonds. The van der Waals surface area contributed by atoms with Crippen LogP contribution in [-0.2, 0) is 9.53 Å². The van der Waals surface area contributed by atoms with Crippen LogP contribution in [0.15, 0.2) is 90.0 Å². The van der Waals surface area contributed by atoms with Gasteiger partial charge >= 0.3 is 0 Å². The quantitative estimate of drug-likeness (QED) is 0.136. The predicted octanol–water partition coefficient (Wildman–Crippen LogP) is 5.64. The van der Waals surface area contributed by atoms with Crippen molar-refractivity contribution in [1.29, 1.82) is 0 Å². The van der Waals surface area contributed by atoms with Crippen LogP contribution in [0.2, 0.25) is 5.15 Å². The predicted molar refractivity (Wildman–Crippen MR) is 139 cm³/mol. The summed E-state index contributed by atoms with van der Waals surface area (Å²) in [5.74, 6) is -0.547. The van der Waals surface area contributed by atoms with E-state index in [2.05, 4.69) is 10.1 Å². The summed E-state index contributed by atoms with van der Waals surface area (Å²) in [7, 11) is 0. The number of nitrogens with zero attached hydrogens (tertiary/aromatic N) is 5. The largest absolute Gasteiger partial charge is 0.446 e. The fraction of sp³-hybridized carbons (Fsp3) is 0.0385. The van der Waals surface area contributed by atoms with Crippen molar-refractivity contribution in [3.63, 3.8) is 0 Å². The molecule has 5 rings (SSSR count). The number of nitro benzene ring substituents is 2. The number of ether oxygens (including phenoxy) is 1. The summed E-state index contributed by atoms with van der Waals surface area (Å²) in [6.45, 7) is 0. The molecule has 3 aromatic carbocycles. The van der Waals surface area contributed by atoms with Crippen LogP contribution < -0.4 is 0 Å². The third-order valence-corrected chi connectivity index (χ3v) is 5.97. The van der Waals surface area contributed by atoms with Crippen LogP contribution in [0.3, 0.4) is 0 Å². The first-order valence-electron chi connectivity index (χ1n) is 11.1. The van der Waals surface area contributed by atoms with Gasteiger partial charge in [-0.2, -0.15) is 5.01 Å². The number of hydrogen-bond donors (Lipinski definition) is 0. The van der Waals surface area contributed by atoms with Gasteiger partial charge in [-0.1, -0.05) is 41.9 Å². The minimum absolute atomic E-state index is 0.0474.